The summed E-state index contributed by atoms with van der Waals surface area (Å²) in [5.41, 5.74) is 0.672. The molecule has 2 aliphatic rings. The number of carbonyl (C=O) groups excluding carboxylic acids is 1. The summed E-state index contributed by atoms with van der Waals surface area (Å²) in [6, 6.07) is 1.39. The molecule has 1 saturated heterocycles. The second-order valence-electron chi connectivity index (χ2n) is 9.03. The van der Waals surface area contributed by atoms with Gasteiger partial charge in [0, 0.05) is 25.1 Å². The molecule has 168 valence electrons. The van der Waals surface area contributed by atoms with Crippen molar-refractivity contribution < 1.29 is 19.0 Å². The van der Waals surface area contributed by atoms with E-state index in [2.05, 4.69) is 25.9 Å². The van der Waals surface area contributed by atoms with E-state index in [4.69, 9.17) is 25.8 Å². The SMILES string of the molecule is CCOC(=O)c1cn2c(cc1=O)-c1c(Cl)c(OC3CCOCC3)nn1C[C@H]2C(C)(C)C. The van der Waals surface area contributed by atoms with Crippen LogP contribution in [-0.2, 0) is 16.0 Å². The van der Waals surface area contributed by atoms with Gasteiger partial charge in [-0.25, -0.2) is 4.79 Å². The summed E-state index contributed by atoms with van der Waals surface area (Å²) < 4.78 is 20.3. The van der Waals surface area contributed by atoms with Gasteiger partial charge >= 0.3 is 5.97 Å². The maximum atomic E-state index is 12.8. The zero-order chi connectivity index (χ0) is 22.3. The molecule has 0 aliphatic carbocycles. The van der Waals surface area contributed by atoms with E-state index in [1.807, 2.05) is 9.25 Å². The van der Waals surface area contributed by atoms with Crippen molar-refractivity contribution in [2.45, 2.75) is 59.2 Å². The lowest BCUT2D eigenvalue weighted by Gasteiger charge is -2.38. The second kappa shape index (κ2) is 8.31. The Morgan fingerprint density at radius 3 is 2.68 bits per heavy atom. The van der Waals surface area contributed by atoms with Crippen molar-refractivity contribution in [2.24, 2.45) is 5.41 Å². The lowest BCUT2D eigenvalue weighted by Crippen LogP contribution is -2.35. The molecule has 0 radical (unpaired) electrons. The van der Waals surface area contributed by atoms with Crippen molar-refractivity contribution in [2.75, 3.05) is 19.8 Å². The zero-order valence-electron chi connectivity index (χ0n) is 18.3. The van der Waals surface area contributed by atoms with Crippen molar-refractivity contribution in [1.29, 1.82) is 0 Å². The molecular weight excluding hydrogens is 422 g/mol. The van der Waals surface area contributed by atoms with E-state index in [0.29, 0.717) is 42.0 Å². The Kier molecular flexibility index (Phi) is 5.87. The summed E-state index contributed by atoms with van der Waals surface area (Å²) in [6.45, 7) is 10.1. The zero-order valence-corrected chi connectivity index (χ0v) is 19.1. The number of pyridine rings is 1. The van der Waals surface area contributed by atoms with E-state index < -0.39 is 11.4 Å². The normalized spacial score (nSPS) is 18.9. The van der Waals surface area contributed by atoms with Crippen LogP contribution < -0.4 is 10.2 Å². The molecule has 1 fully saturated rings. The van der Waals surface area contributed by atoms with Crippen molar-refractivity contribution in [3.05, 3.63) is 33.1 Å². The van der Waals surface area contributed by atoms with Crippen LogP contribution in [0.15, 0.2) is 17.1 Å². The van der Waals surface area contributed by atoms with Gasteiger partial charge in [0.1, 0.15) is 22.4 Å². The van der Waals surface area contributed by atoms with Crippen molar-refractivity contribution in [3.63, 3.8) is 0 Å². The third-order valence-electron chi connectivity index (χ3n) is 5.81. The van der Waals surface area contributed by atoms with Crippen molar-refractivity contribution in [3.8, 4) is 17.3 Å². The second-order valence-corrected chi connectivity index (χ2v) is 9.40. The van der Waals surface area contributed by atoms with Crippen LogP contribution in [0.3, 0.4) is 0 Å². The van der Waals surface area contributed by atoms with Gasteiger partial charge in [0.15, 0.2) is 5.43 Å². The summed E-state index contributed by atoms with van der Waals surface area (Å²) in [5.74, 6) is -0.254. The fraction of sp³-hybridized carbons (Fsp3) is 0.591. The fourth-order valence-corrected chi connectivity index (χ4v) is 4.40. The molecule has 9 heteroatoms. The maximum Gasteiger partial charge on any atom is 0.343 e. The van der Waals surface area contributed by atoms with Gasteiger partial charge in [0.2, 0.25) is 0 Å². The Balaban J connectivity index is 1.81. The first-order valence-electron chi connectivity index (χ1n) is 10.6. The summed E-state index contributed by atoms with van der Waals surface area (Å²) in [7, 11) is 0. The Morgan fingerprint density at radius 2 is 2.03 bits per heavy atom. The average Bonchev–Trinajstić information content (AvgIpc) is 3.02. The van der Waals surface area contributed by atoms with E-state index in [0.717, 1.165) is 12.8 Å². The summed E-state index contributed by atoms with van der Waals surface area (Å²) in [5, 5.41) is 5.01. The number of hydrogen-bond donors (Lipinski definition) is 0. The number of esters is 1. The van der Waals surface area contributed by atoms with Gasteiger partial charge in [0.05, 0.1) is 38.1 Å². The quantitative estimate of drug-likeness (QED) is 0.661. The lowest BCUT2D eigenvalue weighted by molar-refractivity contribution is 0.0234. The molecule has 0 bridgehead atoms. The Bertz CT molecular complexity index is 1050. The molecule has 31 heavy (non-hydrogen) atoms. The summed E-state index contributed by atoms with van der Waals surface area (Å²) in [4.78, 5) is 25.1. The Labute approximate surface area is 186 Å². The molecule has 1 atom stereocenters. The van der Waals surface area contributed by atoms with Gasteiger partial charge in [0.25, 0.3) is 5.88 Å². The largest absolute Gasteiger partial charge is 0.472 e. The topological polar surface area (TPSA) is 84.6 Å². The van der Waals surface area contributed by atoms with Crippen LogP contribution in [0, 0.1) is 5.41 Å². The summed E-state index contributed by atoms with van der Waals surface area (Å²) in [6.07, 6.45) is 3.15. The highest BCUT2D eigenvalue weighted by Gasteiger charge is 2.37. The van der Waals surface area contributed by atoms with Crippen LogP contribution in [-0.4, -0.2) is 46.2 Å². The van der Waals surface area contributed by atoms with E-state index in [-0.39, 0.29) is 29.7 Å². The molecule has 2 aromatic rings. The smallest absolute Gasteiger partial charge is 0.343 e. The molecular formula is C22H28ClN3O5. The fourth-order valence-electron chi connectivity index (χ4n) is 4.12. The highest BCUT2D eigenvalue weighted by molar-refractivity contribution is 6.34. The van der Waals surface area contributed by atoms with Crippen LogP contribution in [0.5, 0.6) is 5.88 Å². The van der Waals surface area contributed by atoms with Crippen LogP contribution in [0.4, 0.5) is 0 Å². The van der Waals surface area contributed by atoms with Crippen LogP contribution in [0.2, 0.25) is 5.02 Å². The number of halogens is 1. The third kappa shape index (κ3) is 4.11. The molecule has 0 saturated carbocycles. The van der Waals surface area contributed by atoms with E-state index in [1.165, 1.54) is 6.07 Å². The first kappa shape index (κ1) is 21.9. The lowest BCUT2D eigenvalue weighted by atomic mass is 9.85. The van der Waals surface area contributed by atoms with E-state index in [9.17, 15) is 9.59 Å². The number of hydrogen-bond acceptors (Lipinski definition) is 6. The van der Waals surface area contributed by atoms with Crippen LogP contribution >= 0.6 is 11.6 Å². The van der Waals surface area contributed by atoms with Crippen LogP contribution in [0.1, 0.15) is 56.9 Å². The monoisotopic (exact) mass is 449 g/mol. The number of carbonyl (C=O) groups is 1. The number of nitrogens with zero attached hydrogens (tertiary/aromatic N) is 3. The molecule has 0 aromatic carbocycles. The molecule has 4 rings (SSSR count). The van der Waals surface area contributed by atoms with Gasteiger partial charge in [-0.15, -0.1) is 5.10 Å². The third-order valence-corrected chi connectivity index (χ3v) is 6.15. The molecule has 0 unspecified atom stereocenters. The molecule has 0 spiro atoms. The minimum Gasteiger partial charge on any atom is -0.472 e. The highest BCUT2D eigenvalue weighted by Crippen LogP contribution is 2.44. The number of aromatic nitrogens is 3. The highest BCUT2D eigenvalue weighted by atomic mass is 35.5. The summed E-state index contributed by atoms with van der Waals surface area (Å²) >= 11 is 6.71. The molecule has 4 heterocycles. The number of ether oxygens (including phenoxy) is 3. The number of fused-ring (bicyclic) bond motifs is 3. The first-order valence-corrected chi connectivity index (χ1v) is 11.0. The first-order chi connectivity index (χ1) is 14.7. The molecule has 8 nitrogen and oxygen atoms in total. The van der Waals surface area contributed by atoms with E-state index >= 15 is 0 Å². The minimum absolute atomic E-state index is 0.00463. The van der Waals surface area contributed by atoms with Crippen LogP contribution in [0.25, 0.3) is 11.4 Å². The maximum absolute atomic E-state index is 12.8. The molecule has 2 aliphatic heterocycles. The van der Waals surface area contributed by atoms with E-state index in [1.54, 1.807) is 13.1 Å². The molecule has 2 aromatic heterocycles. The van der Waals surface area contributed by atoms with Crippen molar-refractivity contribution in [1.82, 2.24) is 14.3 Å². The Morgan fingerprint density at radius 1 is 1.32 bits per heavy atom. The molecule has 0 N–H and O–H groups in total. The van der Waals surface area contributed by atoms with Gasteiger partial charge in [-0.3, -0.25) is 9.48 Å². The average molecular weight is 450 g/mol. The predicted octanol–water partition coefficient (Wildman–Crippen LogP) is 3.70. The minimum atomic E-state index is -0.621. The molecule has 0 amide bonds. The van der Waals surface area contributed by atoms with Gasteiger partial charge in [-0.1, -0.05) is 32.4 Å². The van der Waals surface area contributed by atoms with Gasteiger partial charge in [-0.2, -0.15) is 0 Å². The van der Waals surface area contributed by atoms with Gasteiger partial charge in [-0.05, 0) is 12.3 Å². The standard InChI is InChI=1S/C22H28ClN3O5/c1-5-30-21(28)14-11-25-15(10-16(14)27)19-18(23)20(31-13-6-8-29-9-7-13)24-26(19)12-17(25)22(2,3)4/h10-11,13,17H,5-9,12H2,1-4H3/t17-/m0/s1. The Hall–Kier alpha value is -2.32. The van der Waals surface area contributed by atoms with Crippen molar-refractivity contribution >= 4 is 17.6 Å². The van der Waals surface area contributed by atoms with Gasteiger partial charge < -0.3 is 18.8 Å². The number of rotatable bonds is 4. The predicted molar refractivity (Wildman–Crippen MR) is 116 cm³/mol.